The lowest BCUT2D eigenvalue weighted by Gasteiger charge is -1.97. The fourth-order valence-electron chi connectivity index (χ4n) is 1.84. The second kappa shape index (κ2) is 3.84. The standard InChI is InChI=1S/C12H8F3N3O/c1-6-16-8-3-2-7(4-9(8)17-6)10-5-11(18-19-10)12(13,14)15/h2-5H,1H3,(H,16,17). The molecule has 0 saturated carbocycles. The van der Waals surface area contributed by atoms with Crippen LogP contribution in [0.4, 0.5) is 13.2 Å². The molecule has 0 atom stereocenters. The van der Waals surface area contributed by atoms with Crippen LogP contribution >= 0.6 is 0 Å². The summed E-state index contributed by atoms with van der Waals surface area (Å²) in [5.74, 6) is 0.808. The highest BCUT2D eigenvalue weighted by Gasteiger charge is 2.35. The molecule has 0 saturated heterocycles. The molecule has 4 nitrogen and oxygen atoms in total. The lowest BCUT2D eigenvalue weighted by molar-refractivity contribution is -0.142. The summed E-state index contributed by atoms with van der Waals surface area (Å²) in [4.78, 5) is 7.22. The van der Waals surface area contributed by atoms with Crippen LogP contribution in [0.15, 0.2) is 28.8 Å². The Balaban J connectivity index is 2.06. The van der Waals surface area contributed by atoms with Crippen LogP contribution in [-0.2, 0) is 6.18 Å². The van der Waals surface area contributed by atoms with Gasteiger partial charge in [-0.1, -0.05) is 5.16 Å². The average Bonchev–Trinajstić information content (AvgIpc) is 2.90. The molecule has 2 heterocycles. The maximum absolute atomic E-state index is 12.4. The molecule has 1 aromatic carbocycles. The maximum atomic E-state index is 12.4. The number of fused-ring (bicyclic) bond motifs is 1. The van der Waals surface area contributed by atoms with Gasteiger partial charge in [0, 0.05) is 11.6 Å². The van der Waals surface area contributed by atoms with Gasteiger partial charge in [-0.2, -0.15) is 13.2 Å². The molecule has 0 fully saturated rings. The minimum absolute atomic E-state index is 0.0708. The van der Waals surface area contributed by atoms with E-state index in [1.54, 1.807) is 25.1 Å². The van der Waals surface area contributed by atoms with E-state index in [0.717, 1.165) is 22.9 Å². The van der Waals surface area contributed by atoms with E-state index < -0.39 is 11.9 Å². The van der Waals surface area contributed by atoms with E-state index in [-0.39, 0.29) is 5.76 Å². The lowest BCUT2D eigenvalue weighted by Crippen LogP contribution is -2.04. The van der Waals surface area contributed by atoms with E-state index in [2.05, 4.69) is 15.1 Å². The number of nitrogens with one attached hydrogen (secondary N) is 1. The molecule has 0 aliphatic heterocycles. The van der Waals surface area contributed by atoms with Gasteiger partial charge in [0.25, 0.3) is 0 Å². The number of H-pyrrole nitrogens is 1. The zero-order chi connectivity index (χ0) is 13.6. The SMILES string of the molecule is Cc1nc2ccc(-c3cc(C(F)(F)F)no3)cc2[nH]1. The number of nitrogens with zero attached hydrogens (tertiary/aromatic N) is 2. The number of benzene rings is 1. The Morgan fingerprint density at radius 3 is 2.68 bits per heavy atom. The third-order valence-electron chi connectivity index (χ3n) is 2.69. The quantitative estimate of drug-likeness (QED) is 0.733. The number of hydrogen-bond donors (Lipinski definition) is 1. The largest absolute Gasteiger partial charge is 0.436 e. The normalized spacial score (nSPS) is 12.2. The summed E-state index contributed by atoms with van der Waals surface area (Å²) < 4.78 is 42.0. The minimum Gasteiger partial charge on any atom is -0.356 e. The molecule has 3 rings (SSSR count). The smallest absolute Gasteiger partial charge is 0.356 e. The van der Waals surface area contributed by atoms with Gasteiger partial charge in [0.2, 0.25) is 0 Å². The summed E-state index contributed by atoms with van der Waals surface area (Å²) in [6.07, 6.45) is -4.50. The summed E-state index contributed by atoms with van der Waals surface area (Å²) in [5.41, 5.74) is 0.958. The molecule has 19 heavy (non-hydrogen) atoms. The molecule has 0 aliphatic rings. The van der Waals surface area contributed by atoms with Gasteiger partial charge in [0.15, 0.2) is 11.5 Å². The average molecular weight is 267 g/mol. The first-order valence-corrected chi connectivity index (χ1v) is 5.44. The van der Waals surface area contributed by atoms with Crippen molar-refractivity contribution in [3.05, 3.63) is 35.8 Å². The van der Waals surface area contributed by atoms with Crippen molar-refractivity contribution in [1.29, 1.82) is 0 Å². The van der Waals surface area contributed by atoms with Crippen LogP contribution in [0.1, 0.15) is 11.5 Å². The molecule has 0 amide bonds. The third kappa shape index (κ3) is 2.07. The first-order valence-electron chi connectivity index (χ1n) is 5.44. The van der Waals surface area contributed by atoms with Gasteiger partial charge < -0.3 is 9.51 Å². The highest BCUT2D eigenvalue weighted by atomic mass is 19.4. The molecular weight excluding hydrogens is 259 g/mol. The molecule has 1 N–H and O–H groups in total. The van der Waals surface area contributed by atoms with Gasteiger partial charge in [0.05, 0.1) is 11.0 Å². The predicted molar refractivity (Wildman–Crippen MR) is 61.3 cm³/mol. The van der Waals surface area contributed by atoms with Crippen molar-refractivity contribution in [1.82, 2.24) is 15.1 Å². The maximum Gasteiger partial charge on any atom is 0.436 e. The minimum atomic E-state index is -4.50. The molecule has 7 heteroatoms. The monoisotopic (exact) mass is 267 g/mol. The van der Waals surface area contributed by atoms with Gasteiger partial charge in [-0.25, -0.2) is 4.98 Å². The number of alkyl halides is 3. The van der Waals surface area contributed by atoms with Crippen LogP contribution in [0, 0.1) is 6.92 Å². The van der Waals surface area contributed by atoms with Crippen molar-refractivity contribution >= 4 is 11.0 Å². The topological polar surface area (TPSA) is 54.7 Å². The van der Waals surface area contributed by atoms with Crippen molar-refractivity contribution in [3.8, 4) is 11.3 Å². The Morgan fingerprint density at radius 1 is 1.21 bits per heavy atom. The van der Waals surface area contributed by atoms with E-state index >= 15 is 0 Å². The van der Waals surface area contributed by atoms with Crippen LogP contribution in [-0.4, -0.2) is 15.1 Å². The zero-order valence-corrected chi connectivity index (χ0v) is 9.75. The van der Waals surface area contributed by atoms with Crippen molar-refractivity contribution in [2.24, 2.45) is 0 Å². The summed E-state index contributed by atoms with van der Waals surface area (Å²) in [6, 6.07) is 5.91. The number of halogens is 3. The molecule has 0 unspecified atom stereocenters. The van der Waals surface area contributed by atoms with Gasteiger partial charge >= 0.3 is 6.18 Å². The molecule has 0 aliphatic carbocycles. The summed E-state index contributed by atoms with van der Waals surface area (Å²) in [6.45, 7) is 1.80. The first-order chi connectivity index (χ1) is 8.93. The van der Waals surface area contributed by atoms with E-state index in [0.29, 0.717) is 5.56 Å². The predicted octanol–water partition coefficient (Wildman–Crippen LogP) is 3.55. The summed E-state index contributed by atoms with van der Waals surface area (Å²) in [5, 5.41) is 3.02. The molecule has 0 spiro atoms. The summed E-state index contributed by atoms with van der Waals surface area (Å²) in [7, 11) is 0. The van der Waals surface area contributed by atoms with Crippen LogP contribution in [0.5, 0.6) is 0 Å². The molecule has 98 valence electrons. The Bertz CT molecular complexity index is 742. The summed E-state index contributed by atoms with van der Waals surface area (Å²) >= 11 is 0. The second-order valence-electron chi connectivity index (χ2n) is 4.13. The zero-order valence-electron chi connectivity index (χ0n) is 9.75. The number of rotatable bonds is 1. The molecule has 3 aromatic rings. The molecular formula is C12H8F3N3O. The van der Waals surface area contributed by atoms with Gasteiger partial charge in [-0.3, -0.25) is 0 Å². The number of aromatic nitrogens is 3. The number of imidazole rings is 1. The Morgan fingerprint density at radius 2 is 2.00 bits per heavy atom. The Hall–Kier alpha value is -2.31. The molecule has 2 aromatic heterocycles. The van der Waals surface area contributed by atoms with Crippen molar-refractivity contribution < 1.29 is 17.7 Å². The van der Waals surface area contributed by atoms with Gasteiger partial charge in [-0.15, -0.1) is 0 Å². The Labute approximate surface area is 105 Å². The third-order valence-corrected chi connectivity index (χ3v) is 2.69. The van der Waals surface area contributed by atoms with Crippen molar-refractivity contribution in [2.75, 3.05) is 0 Å². The van der Waals surface area contributed by atoms with E-state index in [9.17, 15) is 13.2 Å². The number of aryl methyl sites for hydroxylation is 1. The highest BCUT2D eigenvalue weighted by molar-refractivity contribution is 5.80. The van der Waals surface area contributed by atoms with Crippen LogP contribution in [0.25, 0.3) is 22.4 Å². The van der Waals surface area contributed by atoms with Crippen LogP contribution in [0.2, 0.25) is 0 Å². The fourth-order valence-corrected chi connectivity index (χ4v) is 1.84. The number of hydrogen-bond acceptors (Lipinski definition) is 3. The van der Waals surface area contributed by atoms with E-state index in [1.165, 1.54) is 0 Å². The van der Waals surface area contributed by atoms with Gasteiger partial charge in [-0.05, 0) is 25.1 Å². The Kier molecular flexibility index (Phi) is 2.38. The van der Waals surface area contributed by atoms with Gasteiger partial charge in [0.1, 0.15) is 5.82 Å². The molecule has 0 bridgehead atoms. The van der Waals surface area contributed by atoms with Crippen LogP contribution in [0.3, 0.4) is 0 Å². The molecule has 0 radical (unpaired) electrons. The van der Waals surface area contributed by atoms with Crippen molar-refractivity contribution in [2.45, 2.75) is 13.1 Å². The second-order valence-corrected chi connectivity index (χ2v) is 4.13. The first kappa shape index (κ1) is 11.8. The van der Waals surface area contributed by atoms with Crippen LogP contribution < -0.4 is 0 Å². The van der Waals surface area contributed by atoms with Crippen molar-refractivity contribution in [3.63, 3.8) is 0 Å². The van der Waals surface area contributed by atoms with E-state index in [4.69, 9.17) is 4.52 Å². The highest BCUT2D eigenvalue weighted by Crippen LogP contribution is 2.32. The fraction of sp³-hybridized carbons (Fsp3) is 0.167. The lowest BCUT2D eigenvalue weighted by atomic mass is 10.1. The van der Waals surface area contributed by atoms with E-state index in [1.807, 2.05) is 0 Å². The number of aromatic amines is 1.